The second-order valence-corrected chi connectivity index (χ2v) is 5.93. The van der Waals surface area contributed by atoms with Gasteiger partial charge in [-0.3, -0.25) is 15.5 Å². The first kappa shape index (κ1) is 14.4. The van der Waals surface area contributed by atoms with E-state index in [2.05, 4.69) is 34.6 Å². The molecular formula is C12H20N6O2. The number of nitrogens with one attached hydrogen (secondary N) is 2. The first-order valence-corrected chi connectivity index (χ1v) is 6.66. The van der Waals surface area contributed by atoms with Gasteiger partial charge in [-0.15, -0.1) is 0 Å². The van der Waals surface area contributed by atoms with Crippen LogP contribution < -0.4 is 16.6 Å². The number of nitro groups is 1. The average molecular weight is 280 g/mol. The standard InChI is InChI=1S/C12H20N6O2/c1-12(2)5-3-4-8(6-12)15-10-9(18(19)20)7-14-11(16-10)17-13/h7-8H,3-6,13H2,1-2H3,(H2,14,15,16,17). The van der Waals surface area contributed by atoms with Gasteiger partial charge < -0.3 is 5.32 Å². The summed E-state index contributed by atoms with van der Waals surface area (Å²) in [4.78, 5) is 18.4. The number of aromatic nitrogens is 2. The lowest BCUT2D eigenvalue weighted by Gasteiger charge is -2.35. The number of hydrogen-bond donors (Lipinski definition) is 3. The van der Waals surface area contributed by atoms with E-state index in [4.69, 9.17) is 5.84 Å². The fourth-order valence-corrected chi connectivity index (χ4v) is 2.70. The predicted octanol–water partition coefficient (Wildman–Crippen LogP) is 2.05. The van der Waals surface area contributed by atoms with Gasteiger partial charge in [0.05, 0.1) is 4.92 Å². The molecule has 0 radical (unpaired) electrons. The molecule has 0 aliphatic heterocycles. The van der Waals surface area contributed by atoms with Crippen LogP contribution in [0.25, 0.3) is 0 Å². The van der Waals surface area contributed by atoms with Crippen molar-refractivity contribution in [2.45, 2.75) is 45.6 Å². The summed E-state index contributed by atoms with van der Waals surface area (Å²) in [5.74, 6) is 5.63. The van der Waals surface area contributed by atoms with Crippen LogP contribution in [0, 0.1) is 15.5 Å². The molecule has 20 heavy (non-hydrogen) atoms. The first-order chi connectivity index (χ1) is 9.41. The van der Waals surface area contributed by atoms with Crippen molar-refractivity contribution in [1.82, 2.24) is 9.97 Å². The van der Waals surface area contributed by atoms with Gasteiger partial charge in [0.15, 0.2) is 0 Å². The van der Waals surface area contributed by atoms with E-state index in [9.17, 15) is 10.1 Å². The van der Waals surface area contributed by atoms with E-state index in [1.54, 1.807) is 0 Å². The second kappa shape index (κ2) is 5.58. The van der Waals surface area contributed by atoms with Gasteiger partial charge in [-0.2, -0.15) is 4.98 Å². The Morgan fingerprint density at radius 1 is 1.55 bits per heavy atom. The summed E-state index contributed by atoms with van der Waals surface area (Å²) in [6, 6.07) is 0.179. The number of rotatable bonds is 4. The zero-order valence-electron chi connectivity index (χ0n) is 11.7. The highest BCUT2D eigenvalue weighted by Crippen LogP contribution is 2.37. The van der Waals surface area contributed by atoms with Gasteiger partial charge in [0.25, 0.3) is 0 Å². The van der Waals surface area contributed by atoms with E-state index in [0.29, 0.717) is 0 Å². The molecular weight excluding hydrogens is 260 g/mol. The molecule has 0 spiro atoms. The van der Waals surface area contributed by atoms with Crippen molar-refractivity contribution in [3.63, 3.8) is 0 Å². The number of nitrogen functional groups attached to an aromatic ring is 1. The minimum absolute atomic E-state index is 0.132. The van der Waals surface area contributed by atoms with Crippen LogP contribution in [0.5, 0.6) is 0 Å². The predicted molar refractivity (Wildman–Crippen MR) is 76.2 cm³/mol. The van der Waals surface area contributed by atoms with E-state index in [1.807, 2.05) is 0 Å². The Hall–Kier alpha value is -1.96. The van der Waals surface area contributed by atoms with Gasteiger partial charge in [0, 0.05) is 6.04 Å². The Bertz CT molecular complexity index is 505. The molecule has 0 amide bonds. The van der Waals surface area contributed by atoms with Crippen LogP contribution in [0.1, 0.15) is 39.5 Å². The van der Waals surface area contributed by atoms with Crippen molar-refractivity contribution >= 4 is 17.5 Å². The minimum Gasteiger partial charge on any atom is -0.361 e. The molecule has 0 bridgehead atoms. The van der Waals surface area contributed by atoms with Crippen molar-refractivity contribution in [1.29, 1.82) is 0 Å². The van der Waals surface area contributed by atoms with Gasteiger partial charge in [0.1, 0.15) is 6.20 Å². The molecule has 0 aromatic carbocycles. The maximum Gasteiger partial charge on any atom is 0.329 e. The topological polar surface area (TPSA) is 119 Å². The Balaban J connectivity index is 2.20. The number of hydrazine groups is 1. The second-order valence-electron chi connectivity index (χ2n) is 5.93. The third kappa shape index (κ3) is 3.32. The maximum absolute atomic E-state index is 11.0. The van der Waals surface area contributed by atoms with E-state index in [1.165, 1.54) is 12.6 Å². The van der Waals surface area contributed by atoms with Gasteiger partial charge >= 0.3 is 5.69 Å². The van der Waals surface area contributed by atoms with E-state index in [0.717, 1.165) is 19.3 Å². The monoisotopic (exact) mass is 280 g/mol. The molecule has 1 fully saturated rings. The van der Waals surface area contributed by atoms with Crippen molar-refractivity contribution < 1.29 is 4.92 Å². The smallest absolute Gasteiger partial charge is 0.329 e. The molecule has 1 unspecified atom stereocenters. The summed E-state index contributed by atoms with van der Waals surface area (Å²) in [5.41, 5.74) is 2.41. The van der Waals surface area contributed by atoms with Crippen molar-refractivity contribution in [3.8, 4) is 0 Å². The number of anilines is 2. The zero-order valence-corrected chi connectivity index (χ0v) is 11.7. The zero-order chi connectivity index (χ0) is 14.8. The fraction of sp³-hybridized carbons (Fsp3) is 0.667. The van der Waals surface area contributed by atoms with Gasteiger partial charge in [-0.1, -0.05) is 20.3 Å². The van der Waals surface area contributed by atoms with Crippen LogP contribution in [0.15, 0.2) is 6.20 Å². The number of nitrogens with zero attached hydrogens (tertiary/aromatic N) is 3. The Morgan fingerprint density at radius 2 is 2.30 bits per heavy atom. The SMILES string of the molecule is CC1(C)CCCC(Nc2nc(NN)ncc2[N+](=O)[O-])C1. The molecule has 8 heteroatoms. The molecule has 1 aliphatic rings. The van der Waals surface area contributed by atoms with Gasteiger partial charge in [0.2, 0.25) is 11.8 Å². The number of nitrogens with two attached hydrogens (primary N) is 1. The van der Waals surface area contributed by atoms with Crippen LogP contribution in [0.3, 0.4) is 0 Å². The van der Waals surface area contributed by atoms with Crippen molar-refractivity contribution in [2.24, 2.45) is 11.3 Å². The third-order valence-corrected chi connectivity index (χ3v) is 3.64. The highest BCUT2D eigenvalue weighted by molar-refractivity contribution is 5.57. The lowest BCUT2D eigenvalue weighted by molar-refractivity contribution is -0.384. The summed E-state index contributed by atoms with van der Waals surface area (Å²) in [6.07, 6.45) is 5.38. The lowest BCUT2D eigenvalue weighted by atomic mass is 9.75. The first-order valence-electron chi connectivity index (χ1n) is 6.66. The molecule has 1 saturated carbocycles. The molecule has 8 nitrogen and oxygen atoms in total. The van der Waals surface area contributed by atoms with Crippen LogP contribution in [-0.4, -0.2) is 20.9 Å². The molecule has 1 heterocycles. The minimum atomic E-state index is -0.489. The molecule has 1 atom stereocenters. The summed E-state index contributed by atoms with van der Waals surface area (Å²) in [7, 11) is 0. The largest absolute Gasteiger partial charge is 0.361 e. The molecule has 110 valence electrons. The molecule has 4 N–H and O–H groups in total. The van der Waals surface area contributed by atoms with Gasteiger partial charge in [-0.25, -0.2) is 10.8 Å². The Morgan fingerprint density at radius 3 is 2.90 bits per heavy atom. The third-order valence-electron chi connectivity index (χ3n) is 3.64. The summed E-state index contributed by atoms with van der Waals surface area (Å²) >= 11 is 0. The van der Waals surface area contributed by atoms with E-state index < -0.39 is 4.92 Å². The van der Waals surface area contributed by atoms with E-state index in [-0.39, 0.29) is 28.9 Å². The molecule has 0 saturated heterocycles. The van der Waals surface area contributed by atoms with Crippen molar-refractivity contribution in [2.75, 3.05) is 10.7 Å². The highest BCUT2D eigenvalue weighted by Gasteiger charge is 2.29. The maximum atomic E-state index is 11.0. The molecule has 1 aliphatic carbocycles. The van der Waals surface area contributed by atoms with Crippen LogP contribution >= 0.6 is 0 Å². The Kier molecular flexibility index (Phi) is 4.03. The quantitative estimate of drug-likeness (QED) is 0.438. The lowest BCUT2D eigenvalue weighted by Crippen LogP contribution is -2.32. The van der Waals surface area contributed by atoms with Crippen LogP contribution in [0.4, 0.5) is 17.5 Å². The normalized spacial score (nSPS) is 21.2. The summed E-state index contributed by atoms with van der Waals surface area (Å²) in [6.45, 7) is 4.42. The molecule has 1 aromatic heterocycles. The van der Waals surface area contributed by atoms with Gasteiger partial charge in [-0.05, 0) is 24.7 Å². The van der Waals surface area contributed by atoms with E-state index >= 15 is 0 Å². The Labute approximate surface area is 117 Å². The fourth-order valence-electron chi connectivity index (χ4n) is 2.70. The molecule has 2 rings (SSSR count). The average Bonchev–Trinajstić information content (AvgIpc) is 2.37. The number of hydrogen-bond acceptors (Lipinski definition) is 7. The summed E-state index contributed by atoms with van der Waals surface area (Å²) in [5, 5.41) is 14.2. The summed E-state index contributed by atoms with van der Waals surface area (Å²) < 4.78 is 0. The van der Waals surface area contributed by atoms with Crippen molar-refractivity contribution in [3.05, 3.63) is 16.3 Å². The molecule has 1 aromatic rings. The highest BCUT2D eigenvalue weighted by atomic mass is 16.6. The van der Waals surface area contributed by atoms with Crippen LogP contribution in [-0.2, 0) is 0 Å². The van der Waals surface area contributed by atoms with Crippen LogP contribution in [0.2, 0.25) is 0 Å².